The maximum atomic E-state index is 13.1. The van der Waals surface area contributed by atoms with E-state index in [-0.39, 0.29) is 17.6 Å². The maximum Gasteiger partial charge on any atom is 0.261 e. The lowest BCUT2D eigenvalue weighted by atomic mass is 9.84. The van der Waals surface area contributed by atoms with E-state index in [1.54, 1.807) is 0 Å². The molecule has 3 fully saturated rings. The number of piperidine rings is 1. The summed E-state index contributed by atoms with van der Waals surface area (Å²) >= 11 is 1.53. The smallest absolute Gasteiger partial charge is 0.261 e. The predicted octanol–water partition coefficient (Wildman–Crippen LogP) is 3.42. The zero-order chi connectivity index (χ0) is 23.1. The van der Waals surface area contributed by atoms with Crippen LogP contribution in [-0.4, -0.2) is 64.5 Å². The molecule has 180 valence electrons. The van der Waals surface area contributed by atoms with Crippen molar-refractivity contribution in [3.8, 4) is 5.69 Å². The summed E-state index contributed by atoms with van der Waals surface area (Å²) in [7, 11) is 0. The number of benzene rings is 1. The molecule has 0 bridgehead atoms. The van der Waals surface area contributed by atoms with Crippen LogP contribution >= 0.6 is 11.3 Å². The van der Waals surface area contributed by atoms with E-state index in [9.17, 15) is 4.79 Å². The standard InChI is InChI=1S/C26H34N6OS/c1-18-22-17-23(34-25(22)32(30-18)21-5-3-2-4-6-21)24(33)29-19-9-15-31(16-10-19)20-7-11-26(12-8-20)27-13-14-28-26/h2-6,17,19-20,27-28H,7-16H2,1H3,(H,29,33). The largest absolute Gasteiger partial charge is 0.349 e. The van der Waals surface area contributed by atoms with Crippen LogP contribution in [0.25, 0.3) is 15.9 Å². The van der Waals surface area contributed by atoms with E-state index in [1.807, 2.05) is 48.0 Å². The van der Waals surface area contributed by atoms with Crippen LogP contribution < -0.4 is 16.0 Å². The van der Waals surface area contributed by atoms with Gasteiger partial charge in [0.1, 0.15) is 4.83 Å². The molecular weight excluding hydrogens is 444 g/mol. The molecule has 4 heterocycles. The van der Waals surface area contributed by atoms with E-state index >= 15 is 0 Å². The number of hydrogen-bond donors (Lipinski definition) is 3. The maximum absolute atomic E-state index is 13.1. The van der Waals surface area contributed by atoms with E-state index in [1.165, 1.54) is 37.0 Å². The molecule has 1 aromatic carbocycles. The van der Waals surface area contributed by atoms with Crippen LogP contribution in [0.3, 0.4) is 0 Å². The minimum atomic E-state index is 0.0525. The summed E-state index contributed by atoms with van der Waals surface area (Å²) in [5.41, 5.74) is 2.19. The number of fused-ring (bicyclic) bond motifs is 1. The highest BCUT2D eigenvalue weighted by Crippen LogP contribution is 2.33. The minimum Gasteiger partial charge on any atom is -0.349 e. The summed E-state index contributed by atoms with van der Waals surface area (Å²) in [6.07, 6.45) is 7.03. The van der Waals surface area contributed by atoms with Crippen molar-refractivity contribution < 1.29 is 4.79 Å². The Balaban J connectivity index is 1.06. The van der Waals surface area contributed by atoms with Crippen molar-refractivity contribution in [2.75, 3.05) is 26.2 Å². The first-order valence-electron chi connectivity index (χ1n) is 12.7. The van der Waals surface area contributed by atoms with Crippen molar-refractivity contribution in [1.29, 1.82) is 0 Å². The number of likely N-dealkylation sites (tertiary alicyclic amines) is 1. The lowest BCUT2D eigenvalue weighted by Gasteiger charge is -2.44. The molecule has 2 aliphatic heterocycles. The van der Waals surface area contributed by atoms with Crippen molar-refractivity contribution in [2.24, 2.45) is 0 Å². The average molecular weight is 479 g/mol. The first-order valence-corrected chi connectivity index (χ1v) is 13.5. The second kappa shape index (κ2) is 9.07. The van der Waals surface area contributed by atoms with Crippen LogP contribution in [-0.2, 0) is 0 Å². The molecule has 1 spiro atoms. The molecular formula is C26H34N6OS. The molecule has 2 aromatic heterocycles. The molecule has 0 radical (unpaired) electrons. The highest BCUT2D eigenvalue weighted by molar-refractivity contribution is 7.20. The third kappa shape index (κ3) is 4.17. The summed E-state index contributed by atoms with van der Waals surface area (Å²) in [4.78, 5) is 17.6. The number of aryl methyl sites for hydroxylation is 1. The SMILES string of the molecule is Cc1nn(-c2ccccc2)c2sc(C(=O)NC3CCN(C4CCC5(CC4)NCCN5)CC3)cc12. The first-order chi connectivity index (χ1) is 16.6. The number of aromatic nitrogens is 2. The van der Waals surface area contributed by atoms with Crippen LogP contribution in [0.15, 0.2) is 36.4 Å². The Bertz CT molecular complexity index is 1150. The van der Waals surface area contributed by atoms with Gasteiger partial charge in [0.15, 0.2) is 0 Å². The number of carbonyl (C=O) groups excluding carboxylic acids is 1. The number of thiophene rings is 1. The molecule has 1 amide bonds. The van der Waals surface area contributed by atoms with Crippen molar-refractivity contribution in [2.45, 2.75) is 63.2 Å². The molecule has 3 N–H and O–H groups in total. The summed E-state index contributed by atoms with van der Waals surface area (Å²) in [6.45, 7) is 6.37. The Morgan fingerprint density at radius 2 is 1.79 bits per heavy atom. The fourth-order valence-electron chi connectivity index (χ4n) is 6.05. The fourth-order valence-corrected chi connectivity index (χ4v) is 7.13. The normalized spacial score (nSPS) is 22.0. The van der Waals surface area contributed by atoms with E-state index in [4.69, 9.17) is 5.10 Å². The van der Waals surface area contributed by atoms with Gasteiger partial charge >= 0.3 is 0 Å². The Morgan fingerprint density at radius 3 is 2.50 bits per heavy atom. The molecule has 3 aromatic rings. The lowest BCUT2D eigenvalue weighted by Crippen LogP contribution is -2.55. The third-order valence-electron chi connectivity index (χ3n) is 8.01. The highest BCUT2D eigenvalue weighted by Gasteiger charge is 2.39. The van der Waals surface area contributed by atoms with Gasteiger partial charge < -0.3 is 10.2 Å². The van der Waals surface area contributed by atoms with Crippen molar-refractivity contribution in [1.82, 2.24) is 30.6 Å². The van der Waals surface area contributed by atoms with Crippen LogP contribution in [0.4, 0.5) is 0 Å². The highest BCUT2D eigenvalue weighted by atomic mass is 32.1. The topological polar surface area (TPSA) is 74.2 Å². The predicted molar refractivity (Wildman–Crippen MR) is 137 cm³/mol. The quantitative estimate of drug-likeness (QED) is 0.536. The van der Waals surface area contributed by atoms with Gasteiger partial charge in [0, 0.05) is 43.6 Å². The Morgan fingerprint density at radius 1 is 1.09 bits per heavy atom. The molecule has 7 nitrogen and oxygen atoms in total. The monoisotopic (exact) mass is 478 g/mol. The number of hydrogen-bond acceptors (Lipinski definition) is 6. The van der Waals surface area contributed by atoms with Gasteiger partial charge in [-0.05, 0) is 63.6 Å². The van der Waals surface area contributed by atoms with E-state index in [0.29, 0.717) is 6.04 Å². The van der Waals surface area contributed by atoms with Crippen LogP contribution in [0, 0.1) is 6.92 Å². The van der Waals surface area contributed by atoms with Gasteiger partial charge in [-0.25, -0.2) is 4.68 Å². The van der Waals surface area contributed by atoms with Gasteiger partial charge in [-0.2, -0.15) is 5.10 Å². The van der Waals surface area contributed by atoms with E-state index in [0.717, 1.165) is 65.5 Å². The van der Waals surface area contributed by atoms with E-state index < -0.39 is 0 Å². The molecule has 6 rings (SSSR count). The fraction of sp³-hybridized carbons (Fsp3) is 0.538. The summed E-state index contributed by atoms with van der Waals surface area (Å²) < 4.78 is 1.95. The Kier molecular flexibility index (Phi) is 5.93. The second-order valence-electron chi connectivity index (χ2n) is 10.1. The molecule has 0 unspecified atom stereocenters. The summed E-state index contributed by atoms with van der Waals surface area (Å²) in [6, 6.07) is 13.1. The number of amides is 1. The van der Waals surface area contributed by atoms with Gasteiger partial charge in [0.25, 0.3) is 5.91 Å². The zero-order valence-corrected chi connectivity index (χ0v) is 20.7. The lowest BCUT2D eigenvalue weighted by molar-refractivity contribution is 0.0766. The van der Waals surface area contributed by atoms with Crippen LogP contribution in [0.1, 0.15) is 53.9 Å². The number of para-hydroxylation sites is 1. The van der Waals surface area contributed by atoms with Crippen LogP contribution in [0.5, 0.6) is 0 Å². The summed E-state index contributed by atoms with van der Waals surface area (Å²) in [5.74, 6) is 0.0525. The molecule has 8 heteroatoms. The Labute approximate surface area is 204 Å². The molecule has 3 aliphatic rings. The van der Waals surface area contributed by atoms with Gasteiger partial charge in [0.05, 0.1) is 21.9 Å². The van der Waals surface area contributed by atoms with Crippen molar-refractivity contribution in [3.05, 3.63) is 47.0 Å². The number of rotatable bonds is 4. The third-order valence-corrected chi connectivity index (χ3v) is 9.12. The van der Waals surface area contributed by atoms with Gasteiger partial charge in [-0.1, -0.05) is 18.2 Å². The second-order valence-corrected chi connectivity index (χ2v) is 11.1. The first kappa shape index (κ1) is 22.2. The van der Waals surface area contributed by atoms with E-state index in [2.05, 4.69) is 20.9 Å². The molecule has 1 saturated carbocycles. The van der Waals surface area contributed by atoms with Crippen molar-refractivity contribution in [3.63, 3.8) is 0 Å². The average Bonchev–Trinajstić information content (AvgIpc) is 3.58. The van der Waals surface area contributed by atoms with Crippen LogP contribution in [0.2, 0.25) is 0 Å². The zero-order valence-electron chi connectivity index (χ0n) is 19.8. The number of nitrogens with one attached hydrogen (secondary N) is 3. The Hall–Kier alpha value is -2.26. The van der Waals surface area contributed by atoms with Crippen molar-refractivity contribution >= 4 is 27.5 Å². The molecule has 34 heavy (non-hydrogen) atoms. The summed E-state index contributed by atoms with van der Waals surface area (Å²) in [5, 5.41) is 16.4. The number of nitrogens with zero attached hydrogens (tertiary/aromatic N) is 3. The number of carbonyl (C=O) groups is 1. The van der Waals surface area contributed by atoms with Gasteiger partial charge in [0.2, 0.25) is 0 Å². The molecule has 0 atom stereocenters. The van der Waals surface area contributed by atoms with Gasteiger partial charge in [-0.3, -0.25) is 15.4 Å². The van der Waals surface area contributed by atoms with Gasteiger partial charge in [-0.15, -0.1) is 11.3 Å². The minimum absolute atomic E-state index is 0.0525. The molecule has 1 aliphatic carbocycles. The molecule has 2 saturated heterocycles.